The van der Waals surface area contributed by atoms with Crippen LogP contribution in [0.15, 0.2) is 58.5 Å². The molecule has 0 radical (unpaired) electrons. The number of benzene rings is 3. The second-order valence-corrected chi connectivity index (χ2v) is 7.29. The van der Waals surface area contributed by atoms with E-state index in [1.807, 2.05) is 83.1 Å². The Morgan fingerprint density at radius 2 is 1.00 bits per heavy atom. The molecule has 0 atom stereocenters. The van der Waals surface area contributed by atoms with E-state index in [1.165, 1.54) is 0 Å². The highest BCUT2D eigenvalue weighted by Gasteiger charge is 2.08. The Hall–Kier alpha value is -3.20. The van der Waals surface area contributed by atoms with Gasteiger partial charge in [0.15, 0.2) is 0 Å². The van der Waals surface area contributed by atoms with Gasteiger partial charge in [0, 0.05) is 23.6 Å². The zero-order valence-electron chi connectivity index (χ0n) is 17.1. The van der Waals surface area contributed by atoms with Gasteiger partial charge in [0.05, 0.1) is 11.4 Å². The second-order valence-electron chi connectivity index (χ2n) is 7.29. The largest absolute Gasteiger partial charge is 0.507 e. The molecule has 3 aromatic rings. The zero-order chi connectivity index (χ0) is 20.3. The summed E-state index contributed by atoms with van der Waals surface area (Å²) >= 11 is 0. The van der Waals surface area contributed by atoms with E-state index in [0.29, 0.717) is 11.1 Å². The standard InChI is InChI=1S/C25H26N2O/c1-16-12-21(14-26-23-17(2)8-6-9-18(23)3)25(28)22(13-16)15-27-24-19(4)10-7-11-20(24)5/h6-15,28H,1-5H3. The van der Waals surface area contributed by atoms with E-state index in [-0.39, 0.29) is 5.75 Å². The summed E-state index contributed by atoms with van der Waals surface area (Å²) in [6.45, 7) is 10.2. The molecule has 0 aromatic heterocycles. The van der Waals surface area contributed by atoms with E-state index in [4.69, 9.17) is 0 Å². The van der Waals surface area contributed by atoms with Crippen LogP contribution in [0.2, 0.25) is 0 Å². The second kappa shape index (κ2) is 8.22. The maximum atomic E-state index is 10.8. The molecule has 0 heterocycles. The summed E-state index contributed by atoms with van der Waals surface area (Å²) in [5.41, 5.74) is 8.74. The van der Waals surface area contributed by atoms with Crippen LogP contribution >= 0.6 is 0 Å². The van der Waals surface area contributed by atoms with Crippen LogP contribution in [0.4, 0.5) is 11.4 Å². The maximum Gasteiger partial charge on any atom is 0.133 e. The molecule has 0 aliphatic rings. The van der Waals surface area contributed by atoms with Crippen molar-refractivity contribution in [3.05, 3.63) is 87.5 Å². The van der Waals surface area contributed by atoms with Crippen LogP contribution < -0.4 is 0 Å². The fraction of sp³-hybridized carbons (Fsp3) is 0.200. The molecular formula is C25H26N2O. The number of aryl methyl sites for hydroxylation is 5. The lowest BCUT2D eigenvalue weighted by Gasteiger charge is -2.08. The summed E-state index contributed by atoms with van der Waals surface area (Å²) < 4.78 is 0. The van der Waals surface area contributed by atoms with Gasteiger partial charge in [-0.25, -0.2) is 0 Å². The average molecular weight is 370 g/mol. The Balaban J connectivity index is 1.99. The van der Waals surface area contributed by atoms with E-state index < -0.39 is 0 Å². The molecule has 0 aliphatic heterocycles. The van der Waals surface area contributed by atoms with E-state index in [2.05, 4.69) is 9.98 Å². The highest BCUT2D eigenvalue weighted by atomic mass is 16.3. The van der Waals surface area contributed by atoms with Gasteiger partial charge in [-0.05, 0) is 74.6 Å². The van der Waals surface area contributed by atoms with Crippen molar-refractivity contribution in [2.45, 2.75) is 34.6 Å². The van der Waals surface area contributed by atoms with Crippen LogP contribution in [0, 0.1) is 34.6 Å². The average Bonchev–Trinajstić information content (AvgIpc) is 2.64. The van der Waals surface area contributed by atoms with Crippen LogP contribution in [0.3, 0.4) is 0 Å². The third kappa shape index (κ3) is 4.20. The van der Waals surface area contributed by atoms with Crippen molar-refractivity contribution >= 4 is 23.8 Å². The number of phenolic OH excluding ortho intramolecular Hbond substituents is 1. The number of nitrogens with zero attached hydrogens (tertiary/aromatic N) is 2. The van der Waals surface area contributed by atoms with Gasteiger partial charge in [0.25, 0.3) is 0 Å². The monoisotopic (exact) mass is 370 g/mol. The summed E-state index contributed by atoms with van der Waals surface area (Å²) in [6.07, 6.45) is 3.46. The number of hydrogen-bond donors (Lipinski definition) is 1. The molecule has 28 heavy (non-hydrogen) atoms. The van der Waals surface area contributed by atoms with E-state index >= 15 is 0 Å². The molecule has 1 N–H and O–H groups in total. The summed E-state index contributed by atoms with van der Waals surface area (Å²) in [5, 5.41) is 10.8. The molecule has 142 valence electrons. The van der Waals surface area contributed by atoms with Crippen LogP contribution in [-0.4, -0.2) is 17.5 Å². The molecular weight excluding hydrogens is 344 g/mol. The Labute approximate surface area is 167 Å². The lowest BCUT2D eigenvalue weighted by atomic mass is 10.1. The number of phenols is 1. The number of hydrogen-bond acceptors (Lipinski definition) is 3. The first-order valence-corrected chi connectivity index (χ1v) is 9.41. The fourth-order valence-electron chi connectivity index (χ4n) is 3.32. The van der Waals surface area contributed by atoms with E-state index in [0.717, 1.165) is 39.2 Å². The maximum absolute atomic E-state index is 10.8. The smallest absolute Gasteiger partial charge is 0.133 e. The SMILES string of the molecule is Cc1cc(C=Nc2c(C)cccc2C)c(O)c(C=Nc2c(C)cccc2C)c1. The van der Waals surface area contributed by atoms with Crippen molar-refractivity contribution < 1.29 is 5.11 Å². The number of aromatic hydroxyl groups is 1. The van der Waals surface area contributed by atoms with Crippen molar-refractivity contribution in [1.29, 1.82) is 0 Å². The number of aliphatic imine (C=N–C) groups is 2. The van der Waals surface area contributed by atoms with Gasteiger partial charge in [0.2, 0.25) is 0 Å². The molecule has 3 aromatic carbocycles. The van der Waals surface area contributed by atoms with Crippen molar-refractivity contribution in [3.63, 3.8) is 0 Å². The Kier molecular flexibility index (Phi) is 5.74. The van der Waals surface area contributed by atoms with Crippen LogP contribution in [0.25, 0.3) is 0 Å². The Morgan fingerprint density at radius 3 is 1.36 bits per heavy atom. The third-order valence-corrected chi connectivity index (χ3v) is 4.86. The van der Waals surface area contributed by atoms with E-state index in [9.17, 15) is 5.11 Å². The van der Waals surface area contributed by atoms with Gasteiger partial charge in [-0.2, -0.15) is 0 Å². The fourth-order valence-corrected chi connectivity index (χ4v) is 3.32. The van der Waals surface area contributed by atoms with Crippen molar-refractivity contribution in [1.82, 2.24) is 0 Å². The predicted octanol–water partition coefficient (Wildman–Crippen LogP) is 6.44. The first-order valence-electron chi connectivity index (χ1n) is 9.41. The quantitative estimate of drug-likeness (QED) is 0.528. The predicted molar refractivity (Wildman–Crippen MR) is 119 cm³/mol. The van der Waals surface area contributed by atoms with Crippen molar-refractivity contribution in [3.8, 4) is 5.75 Å². The minimum atomic E-state index is 0.190. The van der Waals surface area contributed by atoms with Crippen LogP contribution in [-0.2, 0) is 0 Å². The molecule has 3 heteroatoms. The highest BCUT2D eigenvalue weighted by Crippen LogP contribution is 2.27. The first-order chi connectivity index (χ1) is 13.4. The van der Waals surface area contributed by atoms with E-state index in [1.54, 1.807) is 12.4 Å². The molecule has 3 nitrogen and oxygen atoms in total. The Morgan fingerprint density at radius 1 is 0.643 bits per heavy atom. The van der Waals surface area contributed by atoms with Crippen molar-refractivity contribution in [2.24, 2.45) is 9.98 Å². The highest BCUT2D eigenvalue weighted by molar-refractivity contribution is 5.94. The molecule has 0 amide bonds. The normalized spacial score (nSPS) is 11.6. The molecule has 0 spiro atoms. The third-order valence-electron chi connectivity index (χ3n) is 4.86. The minimum absolute atomic E-state index is 0.190. The molecule has 3 rings (SSSR count). The van der Waals surface area contributed by atoms with Gasteiger partial charge in [0.1, 0.15) is 5.75 Å². The van der Waals surface area contributed by atoms with Gasteiger partial charge in [-0.3, -0.25) is 9.98 Å². The van der Waals surface area contributed by atoms with Crippen LogP contribution in [0.5, 0.6) is 5.75 Å². The number of rotatable bonds is 4. The molecule has 0 saturated carbocycles. The van der Waals surface area contributed by atoms with Crippen LogP contribution in [0.1, 0.15) is 38.9 Å². The summed E-state index contributed by atoms with van der Waals surface area (Å²) in [6, 6.07) is 16.1. The minimum Gasteiger partial charge on any atom is -0.507 e. The molecule has 0 fully saturated rings. The van der Waals surface area contributed by atoms with Gasteiger partial charge in [-0.1, -0.05) is 36.4 Å². The summed E-state index contributed by atoms with van der Waals surface area (Å²) in [4.78, 5) is 9.27. The molecule has 0 unspecified atom stereocenters. The lowest BCUT2D eigenvalue weighted by molar-refractivity contribution is 0.473. The van der Waals surface area contributed by atoms with Gasteiger partial charge >= 0.3 is 0 Å². The zero-order valence-corrected chi connectivity index (χ0v) is 17.1. The summed E-state index contributed by atoms with van der Waals surface area (Å²) in [7, 11) is 0. The van der Waals surface area contributed by atoms with Crippen molar-refractivity contribution in [2.75, 3.05) is 0 Å². The topological polar surface area (TPSA) is 45.0 Å². The molecule has 0 aliphatic carbocycles. The summed E-state index contributed by atoms with van der Waals surface area (Å²) in [5.74, 6) is 0.190. The number of para-hydroxylation sites is 2. The van der Waals surface area contributed by atoms with Gasteiger partial charge < -0.3 is 5.11 Å². The lowest BCUT2D eigenvalue weighted by Crippen LogP contribution is -1.92. The molecule has 0 bridgehead atoms. The molecule has 0 saturated heterocycles. The Bertz CT molecular complexity index is 955. The first kappa shape index (κ1) is 19.6. The van der Waals surface area contributed by atoms with Gasteiger partial charge in [-0.15, -0.1) is 0 Å².